The molecule has 0 saturated carbocycles. The summed E-state index contributed by atoms with van der Waals surface area (Å²) in [6, 6.07) is 16.4. The van der Waals surface area contributed by atoms with Crippen LogP contribution in [0, 0.1) is 0 Å². The minimum atomic E-state index is -1.02. The van der Waals surface area contributed by atoms with Crippen molar-refractivity contribution in [2.24, 2.45) is 0 Å². The van der Waals surface area contributed by atoms with Crippen LogP contribution in [0.25, 0.3) is 6.08 Å². The Labute approximate surface area is 145 Å². The van der Waals surface area contributed by atoms with Crippen molar-refractivity contribution in [1.82, 2.24) is 5.32 Å². The SMILES string of the molecule is O=C(O)COc1ccc(C=CCNC(=O)OCc2ccccc2)cc1. The molecule has 0 spiro atoms. The number of hydrogen-bond donors (Lipinski definition) is 2. The standard InChI is InChI=1S/C19H19NO5/c21-18(22)14-24-17-10-8-15(9-11-17)7-4-12-20-19(23)25-13-16-5-2-1-3-6-16/h1-11H,12-14H2,(H,20,23)(H,21,22). The quantitative estimate of drug-likeness (QED) is 0.771. The summed E-state index contributed by atoms with van der Waals surface area (Å²) < 4.78 is 10.1. The smallest absolute Gasteiger partial charge is 0.407 e. The maximum atomic E-state index is 11.6. The average molecular weight is 341 g/mol. The molecule has 6 heteroatoms. The Bertz CT molecular complexity index is 710. The lowest BCUT2D eigenvalue weighted by molar-refractivity contribution is -0.139. The van der Waals surface area contributed by atoms with E-state index in [0.29, 0.717) is 12.3 Å². The Kier molecular flexibility index (Phi) is 7.06. The molecule has 0 heterocycles. The Morgan fingerprint density at radius 3 is 2.44 bits per heavy atom. The number of hydrogen-bond acceptors (Lipinski definition) is 4. The first-order valence-electron chi connectivity index (χ1n) is 7.69. The van der Waals surface area contributed by atoms with Gasteiger partial charge in [-0.05, 0) is 23.3 Å². The molecule has 0 aliphatic rings. The molecule has 0 aromatic heterocycles. The van der Waals surface area contributed by atoms with Crippen LogP contribution in [0.3, 0.4) is 0 Å². The van der Waals surface area contributed by atoms with Gasteiger partial charge in [-0.25, -0.2) is 9.59 Å². The van der Waals surface area contributed by atoms with Crippen molar-refractivity contribution in [2.45, 2.75) is 6.61 Å². The molecular formula is C19H19NO5. The van der Waals surface area contributed by atoms with Crippen molar-refractivity contribution in [3.05, 3.63) is 71.8 Å². The molecule has 0 aliphatic carbocycles. The van der Waals surface area contributed by atoms with Gasteiger partial charge in [0.05, 0.1) is 0 Å². The Balaban J connectivity index is 1.68. The van der Waals surface area contributed by atoms with Crippen LogP contribution in [0.2, 0.25) is 0 Å². The number of alkyl carbamates (subject to hydrolysis) is 1. The van der Waals surface area contributed by atoms with Gasteiger partial charge in [0, 0.05) is 6.54 Å². The van der Waals surface area contributed by atoms with E-state index < -0.39 is 12.1 Å². The molecule has 130 valence electrons. The molecule has 2 N–H and O–H groups in total. The Morgan fingerprint density at radius 2 is 1.76 bits per heavy atom. The molecule has 0 fully saturated rings. The number of rotatable bonds is 8. The Morgan fingerprint density at radius 1 is 1.04 bits per heavy atom. The number of nitrogens with one attached hydrogen (secondary N) is 1. The first-order valence-corrected chi connectivity index (χ1v) is 7.69. The van der Waals surface area contributed by atoms with Crippen molar-refractivity contribution in [1.29, 1.82) is 0 Å². The number of benzene rings is 2. The van der Waals surface area contributed by atoms with E-state index >= 15 is 0 Å². The molecule has 2 aromatic rings. The summed E-state index contributed by atoms with van der Waals surface area (Å²) in [4.78, 5) is 22.0. The number of amides is 1. The van der Waals surface area contributed by atoms with Gasteiger partial charge < -0.3 is 19.9 Å². The van der Waals surface area contributed by atoms with Crippen LogP contribution in [-0.4, -0.2) is 30.3 Å². The molecule has 6 nitrogen and oxygen atoms in total. The van der Waals surface area contributed by atoms with Gasteiger partial charge >= 0.3 is 12.1 Å². The zero-order valence-corrected chi connectivity index (χ0v) is 13.6. The summed E-state index contributed by atoms with van der Waals surface area (Å²) in [6.45, 7) is 0.198. The van der Waals surface area contributed by atoms with Crippen molar-refractivity contribution in [2.75, 3.05) is 13.2 Å². The first kappa shape index (κ1) is 18.1. The van der Waals surface area contributed by atoms with Gasteiger partial charge in [-0.2, -0.15) is 0 Å². The molecule has 0 unspecified atom stereocenters. The monoisotopic (exact) mass is 341 g/mol. The van der Waals surface area contributed by atoms with Crippen LogP contribution in [0.15, 0.2) is 60.7 Å². The maximum Gasteiger partial charge on any atom is 0.407 e. The summed E-state index contributed by atoms with van der Waals surface area (Å²) in [7, 11) is 0. The molecular weight excluding hydrogens is 322 g/mol. The van der Waals surface area contributed by atoms with Crippen molar-refractivity contribution in [3.8, 4) is 5.75 Å². The zero-order valence-electron chi connectivity index (χ0n) is 13.6. The van der Waals surface area contributed by atoms with Gasteiger partial charge in [-0.15, -0.1) is 0 Å². The lowest BCUT2D eigenvalue weighted by atomic mass is 10.2. The number of carbonyl (C=O) groups excluding carboxylic acids is 1. The molecule has 0 atom stereocenters. The summed E-state index contributed by atoms with van der Waals surface area (Å²) in [5.41, 5.74) is 1.83. The van der Waals surface area contributed by atoms with Gasteiger partial charge in [0.15, 0.2) is 6.61 Å². The van der Waals surface area contributed by atoms with E-state index in [1.807, 2.05) is 36.4 Å². The van der Waals surface area contributed by atoms with Crippen molar-refractivity contribution < 1.29 is 24.2 Å². The normalized spacial score (nSPS) is 10.4. The molecule has 0 saturated heterocycles. The predicted molar refractivity (Wildman–Crippen MR) is 93.2 cm³/mol. The summed E-state index contributed by atoms with van der Waals surface area (Å²) in [6.07, 6.45) is 3.14. The third-order valence-corrected chi connectivity index (χ3v) is 3.13. The highest BCUT2D eigenvalue weighted by Crippen LogP contribution is 2.13. The third-order valence-electron chi connectivity index (χ3n) is 3.13. The van der Waals surface area contributed by atoms with Gasteiger partial charge in [0.25, 0.3) is 0 Å². The van der Waals surface area contributed by atoms with Crippen LogP contribution < -0.4 is 10.1 Å². The molecule has 0 aliphatic heterocycles. The number of carboxylic acid groups (broad SMARTS) is 1. The predicted octanol–water partition coefficient (Wildman–Crippen LogP) is 3.09. The highest BCUT2D eigenvalue weighted by atomic mass is 16.5. The number of ether oxygens (including phenoxy) is 2. The number of carboxylic acids is 1. The second-order valence-electron chi connectivity index (χ2n) is 5.10. The average Bonchev–Trinajstić information content (AvgIpc) is 2.63. The highest BCUT2D eigenvalue weighted by molar-refractivity contribution is 5.68. The lowest BCUT2D eigenvalue weighted by Gasteiger charge is -2.05. The largest absolute Gasteiger partial charge is 0.482 e. The van der Waals surface area contributed by atoms with E-state index in [0.717, 1.165) is 11.1 Å². The second kappa shape index (κ2) is 9.77. The summed E-state index contributed by atoms with van der Waals surface area (Å²) in [5.74, 6) is -0.531. The molecule has 1 amide bonds. The molecule has 2 aromatic carbocycles. The zero-order chi connectivity index (χ0) is 17.9. The van der Waals surface area contributed by atoms with E-state index in [9.17, 15) is 9.59 Å². The molecule has 2 rings (SSSR count). The fourth-order valence-corrected chi connectivity index (χ4v) is 1.93. The van der Waals surface area contributed by atoms with Crippen LogP contribution in [0.5, 0.6) is 5.75 Å². The number of aliphatic carboxylic acids is 1. The fraction of sp³-hybridized carbons (Fsp3) is 0.158. The van der Waals surface area contributed by atoms with E-state index in [2.05, 4.69) is 5.32 Å². The molecule has 25 heavy (non-hydrogen) atoms. The third kappa shape index (κ3) is 7.22. The highest BCUT2D eigenvalue weighted by Gasteiger charge is 2.00. The van der Waals surface area contributed by atoms with E-state index in [1.54, 1.807) is 30.3 Å². The minimum absolute atomic E-state index is 0.230. The van der Waals surface area contributed by atoms with Crippen LogP contribution in [0.4, 0.5) is 4.79 Å². The first-order chi connectivity index (χ1) is 12.1. The fourth-order valence-electron chi connectivity index (χ4n) is 1.93. The second-order valence-corrected chi connectivity index (χ2v) is 5.10. The lowest BCUT2D eigenvalue weighted by Crippen LogP contribution is -2.24. The van der Waals surface area contributed by atoms with Crippen molar-refractivity contribution in [3.63, 3.8) is 0 Å². The van der Waals surface area contributed by atoms with Crippen LogP contribution >= 0.6 is 0 Å². The van der Waals surface area contributed by atoms with Gasteiger partial charge in [0.2, 0.25) is 0 Å². The van der Waals surface area contributed by atoms with Gasteiger partial charge in [-0.3, -0.25) is 0 Å². The number of carbonyl (C=O) groups is 2. The molecule has 0 radical (unpaired) electrons. The topological polar surface area (TPSA) is 84.9 Å². The molecule has 0 bridgehead atoms. The van der Waals surface area contributed by atoms with Crippen LogP contribution in [-0.2, 0) is 16.1 Å². The van der Waals surface area contributed by atoms with E-state index in [4.69, 9.17) is 14.6 Å². The van der Waals surface area contributed by atoms with Crippen molar-refractivity contribution >= 4 is 18.1 Å². The minimum Gasteiger partial charge on any atom is -0.482 e. The van der Waals surface area contributed by atoms with Gasteiger partial charge in [0.1, 0.15) is 12.4 Å². The van der Waals surface area contributed by atoms with E-state index in [1.165, 1.54) is 0 Å². The van der Waals surface area contributed by atoms with Gasteiger partial charge in [-0.1, -0.05) is 54.6 Å². The summed E-state index contributed by atoms with van der Waals surface area (Å²) >= 11 is 0. The van der Waals surface area contributed by atoms with E-state index in [-0.39, 0.29) is 13.2 Å². The Hall–Kier alpha value is -3.28. The summed E-state index contributed by atoms with van der Waals surface area (Å²) in [5, 5.41) is 11.2. The van der Waals surface area contributed by atoms with Crippen LogP contribution in [0.1, 0.15) is 11.1 Å². The maximum absolute atomic E-state index is 11.6.